The van der Waals surface area contributed by atoms with E-state index in [9.17, 15) is 8.78 Å². The highest BCUT2D eigenvalue weighted by Crippen LogP contribution is 2.09. The number of benzene rings is 1. The minimum atomic E-state index is -0.858. The molecule has 0 saturated carbocycles. The van der Waals surface area contributed by atoms with E-state index in [2.05, 4.69) is 5.32 Å². The van der Waals surface area contributed by atoms with E-state index >= 15 is 0 Å². The van der Waals surface area contributed by atoms with Crippen LogP contribution in [0.2, 0.25) is 0 Å². The van der Waals surface area contributed by atoms with Crippen molar-refractivity contribution in [2.75, 3.05) is 13.2 Å². The second-order valence-electron chi connectivity index (χ2n) is 4.01. The second-order valence-corrected chi connectivity index (χ2v) is 4.01. The lowest BCUT2D eigenvalue weighted by Crippen LogP contribution is -2.48. The Morgan fingerprint density at radius 3 is 2.06 bits per heavy atom. The third-order valence-corrected chi connectivity index (χ3v) is 2.34. The first-order chi connectivity index (χ1) is 7.49. The summed E-state index contributed by atoms with van der Waals surface area (Å²) >= 11 is 0. The van der Waals surface area contributed by atoms with Gasteiger partial charge in [-0.05, 0) is 24.6 Å². The molecule has 0 bridgehead atoms. The molecule has 3 N–H and O–H groups in total. The fraction of sp³-hybridized carbons (Fsp3) is 0.455. The van der Waals surface area contributed by atoms with E-state index in [1.54, 1.807) is 6.92 Å². The molecule has 0 heterocycles. The van der Waals surface area contributed by atoms with Crippen LogP contribution in [0, 0.1) is 11.6 Å². The predicted octanol–water partition coefficient (Wildman–Crippen LogP) is 0.798. The lowest BCUT2D eigenvalue weighted by Gasteiger charge is -2.26. The minimum Gasteiger partial charge on any atom is -0.394 e. The third-order valence-electron chi connectivity index (χ3n) is 2.34. The molecular formula is C11H15F2NO2. The number of nitrogens with one attached hydrogen (secondary N) is 1. The molecule has 0 aliphatic rings. The Bertz CT molecular complexity index is 334. The van der Waals surface area contributed by atoms with Crippen molar-refractivity contribution >= 4 is 0 Å². The number of hydrogen-bond acceptors (Lipinski definition) is 3. The molecule has 0 fully saturated rings. The van der Waals surface area contributed by atoms with Crippen LogP contribution in [0.3, 0.4) is 0 Å². The van der Waals surface area contributed by atoms with Crippen LogP contribution in [0.15, 0.2) is 18.2 Å². The van der Waals surface area contributed by atoms with Crippen molar-refractivity contribution in [3.63, 3.8) is 0 Å². The Morgan fingerprint density at radius 2 is 1.62 bits per heavy atom. The summed E-state index contributed by atoms with van der Waals surface area (Å²) < 4.78 is 25.7. The van der Waals surface area contributed by atoms with E-state index < -0.39 is 17.2 Å². The lowest BCUT2D eigenvalue weighted by atomic mass is 10.0. The van der Waals surface area contributed by atoms with Crippen LogP contribution in [-0.4, -0.2) is 29.0 Å². The van der Waals surface area contributed by atoms with Gasteiger partial charge in [0.05, 0.1) is 18.8 Å². The fourth-order valence-corrected chi connectivity index (χ4v) is 1.19. The summed E-state index contributed by atoms with van der Waals surface area (Å²) in [6, 6.07) is 3.19. The van der Waals surface area contributed by atoms with Crippen molar-refractivity contribution in [2.45, 2.75) is 19.0 Å². The maximum atomic E-state index is 12.8. The van der Waals surface area contributed by atoms with Crippen LogP contribution in [0.4, 0.5) is 8.78 Å². The van der Waals surface area contributed by atoms with Crippen molar-refractivity contribution in [3.05, 3.63) is 35.4 Å². The highest BCUT2D eigenvalue weighted by atomic mass is 19.1. The van der Waals surface area contributed by atoms with E-state index in [0.29, 0.717) is 5.56 Å². The molecule has 0 aliphatic heterocycles. The Balaban J connectivity index is 2.67. The summed E-state index contributed by atoms with van der Waals surface area (Å²) in [6.07, 6.45) is 0. The summed E-state index contributed by atoms with van der Waals surface area (Å²) in [7, 11) is 0. The predicted molar refractivity (Wildman–Crippen MR) is 55.8 cm³/mol. The highest BCUT2D eigenvalue weighted by Gasteiger charge is 2.21. The van der Waals surface area contributed by atoms with Gasteiger partial charge in [0.2, 0.25) is 0 Å². The van der Waals surface area contributed by atoms with E-state index in [-0.39, 0.29) is 19.8 Å². The molecule has 0 unspecified atom stereocenters. The topological polar surface area (TPSA) is 52.5 Å². The zero-order valence-electron chi connectivity index (χ0n) is 9.00. The van der Waals surface area contributed by atoms with E-state index in [1.807, 2.05) is 0 Å². The summed E-state index contributed by atoms with van der Waals surface area (Å²) in [5.41, 5.74) is -0.436. The van der Waals surface area contributed by atoms with Crippen LogP contribution in [0.1, 0.15) is 12.5 Å². The molecule has 3 nitrogen and oxygen atoms in total. The summed E-state index contributed by atoms with van der Waals surface area (Å²) in [5.74, 6) is -1.29. The summed E-state index contributed by atoms with van der Waals surface area (Å²) in [4.78, 5) is 0. The molecule has 0 radical (unpaired) electrons. The van der Waals surface area contributed by atoms with Crippen LogP contribution >= 0.6 is 0 Å². The van der Waals surface area contributed by atoms with Gasteiger partial charge in [-0.15, -0.1) is 0 Å². The molecule has 0 aromatic heterocycles. The van der Waals surface area contributed by atoms with Gasteiger partial charge in [0.15, 0.2) is 0 Å². The molecule has 0 saturated heterocycles. The van der Waals surface area contributed by atoms with Gasteiger partial charge in [0, 0.05) is 12.6 Å². The quantitative estimate of drug-likeness (QED) is 0.702. The van der Waals surface area contributed by atoms with Crippen LogP contribution in [0.5, 0.6) is 0 Å². The molecule has 0 atom stereocenters. The molecule has 90 valence electrons. The maximum absolute atomic E-state index is 12.8. The Hall–Kier alpha value is -1.04. The molecule has 0 spiro atoms. The molecule has 1 rings (SSSR count). The molecule has 0 aliphatic carbocycles. The van der Waals surface area contributed by atoms with Crippen molar-refractivity contribution in [1.82, 2.24) is 5.32 Å². The zero-order valence-corrected chi connectivity index (χ0v) is 9.00. The number of hydrogen-bond donors (Lipinski definition) is 3. The third kappa shape index (κ3) is 3.52. The Labute approximate surface area is 92.7 Å². The van der Waals surface area contributed by atoms with Crippen molar-refractivity contribution in [1.29, 1.82) is 0 Å². The van der Waals surface area contributed by atoms with Crippen LogP contribution < -0.4 is 5.32 Å². The maximum Gasteiger partial charge on any atom is 0.126 e. The summed E-state index contributed by atoms with van der Waals surface area (Å²) in [5, 5.41) is 20.8. The minimum absolute atomic E-state index is 0.173. The number of aliphatic hydroxyl groups is 2. The monoisotopic (exact) mass is 231 g/mol. The number of halogens is 2. The Kier molecular flexibility index (Phi) is 4.35. The van der Waals surface area contributed by atoms with E-state index in [0.717, 1.165) is 6.07 Å². The first kappa shape index (κ1) is 13.0. The highest BCUT2D eigenvalue weighted by molar-refractivity contribution is 5.18. The number of rotatable bonds is 5. The first-order valence-electron chi connectivity index (χ1n) is 4.91. The molecule has 0 amide bonds. The average molecular weight is 231 g/mol. The van der Waals surface area contributed by atoms with Gasteiger partial charge >= 0.3 is 0 Å². The second kappa shape index (κ2) is 5.34. The van der Waals surface area contributed by atoms with Gasteiger partial charge in [-0.25, -0.2) is 8.78 Å². The smallest absolute Gasteiger partial charge is 0.126 e. The van der Waals surface area contributed by atoms with Crippen LogP contribution in [-0.2, 0) is 6.54 Å². The van der Waals surface area contributed by atoms with Crippen molar-refractivity contribution in [3.8, 4) is 0 Å². The van der Waals surface area contributed by atoms with Gasteiger partial charge in [-0.3, -0.25) is 0 Å². The molecule has 5 heteroatoms. The average Bonchev–Trinajstić information content (AvgIpc) is 2.25. The number of aliphatic hydroxyl groups excluding tert-OH is 2. The normalized spacial score (nSPS) is 11.8. The van der Waals surface area contributed by atoms with Crippen molar-refractivity contribution in [2.24, 2.45) is 0 Å². The standard InChI is InChI=1S/C11H15F2NO2/c1-11(6-15,7-16)14-5-8-2-9(12)4-10(13)3-8/h2-4,14-16H,5-7H2,1H3. The van der Waals surface area contributed by atoms with Gasteiger partial charge in [0.1, 0.15) is 11.6 Å². The van der Waals surface area contributed by atoms with Crippen LogP contribution in [0.25, 0.3) is 0 Å². The Morgan fingerprint density at radius 1 is 1.12 bits per heavy atom. The first-order valence-corrected chi connectivity index (χ1v) is 4.91. The van der Waals surface area contributed by atoms with E-state index in [1.165, 1.54) is 12.1 Å². The van der Waals surface area contributed by atoms with Gasteiger partial charge in [-0.1, -0.05) is 0 Å². The van der Waals surface area contributed by atoms with Gasteiger partial charge in [0.25, 0.3) is 0 Å². The molecular weight excluding hydrogens is 216 g/mol. The largest absolute Gasteiger partial charge is 0.394 e. The van der Waals surface area contributed by atoms with Gasteiger partial charge in [-0.2, -0.15) is 0 Å². The molecule has 1 aromatic carbocycles. The lowest BCUT2D eigenvalue weighted by molar-refractivity contribution is 0.103. The van der Waals surface area contributed by atoms with E-state index in [4.69, 9.17) is 10.2 Å². The van der Waals surface area contributed by atoms with Gasteiger partial charge < -0.3 is 15.5 Å². The fourth-order valence-electron chi connectivity index (χ4n) is 1.19. The molecule has 1 aromatic rings. The summed E-state index contributed by atoms with van der Waals surface area (Å²) in [6.45, 7) is 1.26. The molecule has 16 heavy (non-hydrogen) atoms. The SMILES string of the molecule is CC(CO)(CO)NCc1cc(F)cc(F)c1. The zero-order chi connectivity index (χ0) is 12.2. The van der Waals surface area contributed by atoms with Crippen molar-refractivity contribution < 1.29 is 19.0 Å².